The molecule has 0 radical (unpaired) electrons. The van der Waals surface area contributed by atoms with Crippen molar-refractivity contribution >= 4 is 5.82 Å². The molecule has 1 unspecified atom stereocenters. The van der Waals surface area contributed by atoms with E-state index in [1.54, 1.807) is 13.1 Å². The highest BCUT2D eigenvalue weighted by Gasteiger charge is 2.25. The Hall–Kier alpha value is -1.95. The topological polar surface area (TPSA) is 75.3 Å². The number of hydrogen-bond donors (Lipinski definition) is 1. The van der Waals surface area contributed by atoms with Crippen LogP contribution < -0.4 is 4.90 Å². The molecule has 0 saturated carbocycles. The Kier molecular flexibility index (Phi) is 2.71. The van der Waals surface area contributed by atoms with Crippen LogP contribution in [0.1, 0.15) is 12.2 Å². The van der Waals surface area contributed by atoms with Gasteiger partial charge in [0, 0.05) is 19.3 Å². The van der Waals surface area contributed by atoms with Gasteiger partial charge < -0.3 is 14.5 Å². The molecule has 3 heterocycles. The van der Waals surface area contributed by atoms with Gasteiger partial charge in [0.05, 0.1) is 11.7 Å². The average Bonchev–Trinajstić information content (AvgIpc) is 2.98. The highest BCUT2D eigenvalue weighted by atomic mass is 16.5. The van der Waals surface area contributed by atoms with E-state index in [2.05, 4.69) is 15.1 Å². The quantitative estimate of drug-likeness (QED) is 0.852. The van der Waals surface area contributed by atoms with Crippen LogP contribution in [0.2, 0.25) is 0 Å². The third-order valence-electron chi connectivity index (χ3n) is 3.01. The van der Waals surface area contributed by atoms with Gasteiger partial charge in [0.1, 0.15) is 5.82 Å². The maximum absolute atomic E-state index is 9.61. The van der Waals surface area contributed by atoms with Gasteiger partial charge in [-0.1, -0.05) is 5.16 Å². The molecule has 0 bridgehead atoms. The fourth-order valence-electron chi connectivity index (χ4n) is 2.16. The van der Waals surface area contributed by atoms with Crippen molar-refractivity contribution in [2.75, 3.05) is 18.0 Å². The van der Waals surface area contributed by atoms with Crippen LogP contribution in [0.4, 0.5) is 5.82 Å². The van der Waals surface area contributed by atoms with Gasteiger partial charge in [-0.25, -0.2) is 4.98 Å². The van der Waals surface area contributed by atoms with Gasteiger partial charge >= 0.3 is 0 Å². The monoisotopic (exact) mass is 246 g/mol. The lowest BCUT2D eigenvalue weighted by atomic mass is 10.2. The lowest BCUT2D eigenvalue weighted by Crippen LogP contribution is -2.22. The normalized spacial score (nSPS) is 19.4. The first-order valence-electron chi connectivity index (χ1n) is 5.93. The van der Waals surface area contributed by atoms with Crippen molar-refractivity contribution in [3.05, 3.63) is 24.2 Å². The zero-order valence-corrected chi connectivity index (χ0v) is 10.1. The number of β-amino-alcohol motifs (C(OH)–C–C–N with tert-alkyl or cyclic N) is 1. The molecular weight excluding hydrogens is 232 g/mol. The summed E-state index contributed by atoms with van der Waals surface area (Å²) in [5.41, 5.74) is 0.812. The van der Waals surface area contributed by atoms with Crippen molar-refractivity contribution < 1.29 is 9.63 Å². The summed E-state index contributed by atoms with van der Waals surface area (Å²) in [6.45, 7) is 3.16. The largest absolute Gasteiger partial charge is 0.391 e. The van der Waals surface area contributed by atoms with E-state index in [4.69, 9.17) is 4.52 Å². The molecule has 6 nitrogen and oxygen atoms in total. The number of aryl methyl sites for hydroxylation is 1. The van der Waals surface area contributed by atoms with Gasteiger partial charge in [0.25, 0.3) is 5.89 Å². The first kappa shape index (κ1) is 11.2. The maximum atomic E-state index is 9.61. The van der Waals surface area contributed by atoms with Gasteiger partial charge in [0.2, 0.25) is 0 Å². The van der Waals surface area contributed by atoms with Crippen molar-refractivity contribution in [1.82, 2.24) is 15.1 Å². The number of rotatable bonds is 2. The molecule has 6 heteroatoms. The Morgan fingerprint density at radius 2 is 2.39 bits per heavy atom. The van der Waals surface area contributed by atoms with Gasteiger partial charge in [-0.2, -0.15) is 4.98 Å². The fraction of sp³-hybridized carbons (Fsp3) is 0.417. The molecule has 1 aliphatic heterocycles. The second-order valence-electron chi connectivity index (χ2n) is 4.41. The first-order valence-corrected chi connectivity index (χ1v) is 5.93. The second-order valence-corrected chi connectivity index (χ2v) is 4.41. The molecule has 0 amide bonds. The SMILES string of the molecule is Cc1noc(-c2cccnc2N2CCC(O)C2)n1. The molecule has 0 aromatic carbocycles. The summed E-state index contributed by atoms with van der Waals surface area (Å²) < 4.78 is 5.19. The summed E-state index contributed by atoms with van der Waals surface area (Å²) in [5.74, 6) is 1.86. The minimum absolute atomic E-state index is 0.288. The number of aromatic nitrogens is 3. The van der Waals surface area contributed by atoms with Crippen LogP contribution in [0.15, 0.2) is 22.9 Å². The minimum atomic E-state index is -0.288. The zero-order chi connectivity index (χ0) is 12.5. The molecule has 0 spiro atoms. The molecule has 2 aromatic rings. The Labute approximate surface area is 104 Å². The number of pyridine rings is 1. The van der Waals surface area contributed by atoms with Crippen LogP contribution in [-0.2, 0) is 0 Å². The highest BCUT2D eigenvalue weighted by Crippen LogP contribution is 2.29. The van der Waals surface area contributed by atoms with E-state index in [-0.39, 0.29) is 6.10 Å². The van der Waals surface area contributed by atoms with E-state index in [1.165, 1.54) is 0 Å². The van der Waals surface area contributed by atoms with Gasteiger partial charge in [-0.3, -0.25) is 0 Å². The van der Waals surface area contributed by atoms with E-state index in [1.807, 2.05) is 17.0 Å². The third kappa shape index (κ3) is 1.95. The molecule has 1 fully saturated rings. The minimum Gasteiger partial charge on any atom is -0.391 e. The van der Waals surface area contributed by atoms with Crippen molar-refractivity contribution in [1.29, 1.82) is 0 Å². The van der Waals surface area contributed by atoms with Crippen LogP contribution in [0, 0.1) is 6.92 Å². The van der Waals surface area contributed by atoms with Gasteiger partial charge in [-0.15, -0.1) is 0 Å². The lowest BCUT2D eigenvalue weighted by Gasteiger charge is -2.18. The summed E-state index contributed by atoms with van der Waals surface area (Å²) in [7, 11) is 0. The average molecular weight is 246 g/mol. The van der Waals surface area contributed by atoms with E-state index < -0.39 is 0 Å². The van der Waals surface area contributed by atoms with Gasteiger partial charge in [-0.05, 0) is 25.5 Å². The summed E-state index contributed by atoms with van der Waals surface area (Å²) in [4.78, 5) is 10.6. The molecule has 1 saturated heterocycles. The lowest BCUT2D eigenvalue weighted by molar-refractivity contribution is 0.198. The molecule has 94 valence electrons. The van der Waals surface area contributed by atoms with Crippen molar-refractivity contribution in [2.24, 2.45) is 0 Å². The molecule has 3 rings (SSSR count). The Morgan fingerprint density at radius 1 is 1.50 bits per heavy atom. The molecule has 2 aromatic heterocycles. The van der Waals surface area contributed by atoms with E-state index in [0.29, 0.717) is 18.3 Å². The Bertz CT molecular complexity index is 555. The maximum Gasteiger partial charge on any atom is 0.261 e. The predicted octanol–water partition coefficient (Wildman–Crippen LogP) is 1.01. The van der Waals surface area contributed by atoms with Crippen LogP contribution in [0.5, 0.6) is 0 Å². The Balaban J connectivity index is 2.00. The number of nitrogens with zero attached hydrogens (tertiary/aromatic N) is 4. The number of hydrogen-bond acceptors (Lipinski definition) is 6. The van der Waals surface area contributed by atoms with Crippen molar-refractivity contribution in [2.45, 2.75) is 19.4 Å². The molecule has 1 atom stereocenters. The van der Waals surface area contributed by atoms with Crippen LogP contribution >= 0.6 is 0 Å². The van der Waals surface area contributed by atoms with Gasteiger partial charge in [0.15, 0.2) is 5.82 Å². The van der Waals surface area contributed by atoms with Crippen LogP contribution in [-0.4, -0.2) is 39.4 Å². The van der Waals surface area contributed by atoms with Crippen molar-refractivity contribution in [3.63, 3.8) is 0 Å². The summed E-state index contributed by atoms with van der Waals surface area (Å²) in [6, 6.07) is 3.74. The summed E-state index contributed by atoms with van der Waals surface area (Å²) in [6.07, 6.45) is 2.20. The third-order valence-corrected chi connectivity index (χ3v) is 3.01. The smallest absolute Gasteiger partial charge is 0.261 e. The van der Waals surface area contributed by atoms with E-state index in [9.17, 15) is 5.11 Å². The van der Waals surface area contributed by atoms with E-state index in [0.717, 1.165) is 24.3 Å². The first-order chi connectivity index (χ1) is 8.74. The molecular formula is C12H14N4O2. The zero-order valence-electron chi connectivity index (χ0n) is 10.1. The summed E-state index contributed by atoms with van der Waals surface area (Å²) >= 11 is 0. The second kappa shape index (κ2) is 4.38. The summed E-state index contributed by atoms with van der Waals surface area (Å²) in [5, 5.41) is 13.4. The Morgan fingerprint density at radius 3 is 3.06 bits per heavy atom. The predicted molar refractivity (Wildman–Crippen MR) is 65.1 cm³/mol. The number of aliphatic hydroxyl groups is 1. The fourth-order valence-corrected chi connectivity index (χ4v) is 2.16. The van der Waals surface area contributed by atoms with Crippen molar-refractivity contribution in [3.8, 4) is 11.5 Å². The number of aliphatic hydroxyl groups excluding tert-OH is 1. The number of anilines is 1. The van der Waals surface area contributed by atoms with Crippen LogP contribution in [0.3, 0.4) is 0 Å². The highest BCUT2D eigenvalue weighted by molar-refractivity contribution is 5.70. The molecule has 0 aliphatic carbocycles. The molecule has 1 N–H and O–H groups in total. The van der Waals surface area contributed by atoms with E-state index >= 15 is 0 Å². The standard InChI is InChI=1S/C12H14N4O2/c1-8-14-12(18-15-8)10-3-2-5-13-11(10)16-6-4-9(17)7-16/h2-3,5,9,17H,4,6-7H2,1H3. The van der Waals surface area contributed by atoms with Crippen LogP contribution in [0.25, 0.3) is 11.5 Å². The molecule has 1 aliphatic rings. The molecule has 18 heavy (non-hydrogen) atoms.